The van der Waals surface area contributed by atoms with Crippen LogP contribution in [0, 0.1) is 0 Å². The molecule has 1 amide bonds. The van der Waals surface area contributed by atoms with Gasteiger partial charge in [0.05, 0.1) is 5.56 Å². The lowest BCUT2D eigenvalue weighted by Gasteiger charge is -2.07. The van der Waals surface area contributed by atoms with Gasteiger partial charge in [0.15, 0.2) is 0 Å². The molecule has 17 heavy (non-hydrogen) atoms. The third kappa shape index (κ3) is 2.13. The van der Waals surface area contributed by atoms with Crippen LogP contribution in [0.4, 0.5) is 0 Å². The molecule has 2 rings (SSSR count). The van der Waals surface area contributed by atoms with Crippen LogP contribution in [0.3, 0.4) is 0 Å². The van der Waals surface area contributed by atoms with E-state index >= 15 is 0 Å². The van der Waals surface area contributed by atoms with E-state index in [9.17, 15) is 9.59 Å². The van der Waals surface area contributed by atoms with Gasteiger partial charge in [-0.1, -0.05) is 18.2 Å². The van der Waals surface area contributed by atoms with E-state index in [1.165, 1.54) is 13.2 Å². The maximum Gasteiger partial charge on any atom is 0.325 e. The van der Waals surface area contributed by atoms with Gasteiger partial charge in [0.1, 0.15) is 17.9 Å². The molecule has 0 saturated carbocycles. The maximum atomic E-state index is 11.8. The molecule has 1 aromatic carbocycles. The van der Waals surface area contributed by atoms with Crippen LogP contribution < -0.4 is 5.32 Å². The van der Waals surface area contributed by atoms with E-state index in [4.69, 9.17) is 9.52 Å². The summed E-state index contributed by atoms with van der Waals surface area (Å²) in [5.41, 5.74) is 0.939. The van der Waals surface area contributed by atoms with Crippen molar-refractivity contribution in [2.24, 2.45) is 0 Å². The SMILES string of the molecule is C[C@@H](NC(=O)c1coc2ccccc12)C(=O)O. The summed E-state index contributed by atoms with van der Waals surface area (Å²) in [6, 6.07) is 6.14. The van der Waals surface area contributed by atoms with Crippen molar-refractivity contribution in [2.45, 2.75) is 13.0 Å². The molecule has 0 bridgehead atoms. The smallest absolute Gasteiger partial charge is 0.325 e. The van der Waals surface area contributed by atoms with E-state index in [1.54, 1.807) is 24.3 Å². The number of hydrogen-bond donors (Lipinski definition) is 2. The fraction of sp³-hybridized carbons (Fsp3) is 0.167. The standard InChI is InChI=1S/C12H11NO4/c1-7(12(15)16)13-11(14)9-6-17-10-5-3-2-4-8(9)10/h2-7H,1H3,(H,13,14)(H,15,16)/t7-/m1/s1. The summed E-state index contributed by atoms with van der Waals surface area (Å²) in [6.07, 6.45) is 1.33. The lowest BCUT2D eigenvalue weighted by atomic mass is 10.1. The minimum atomic E-state index is -1.08. The molecule has 0 radical (unpaired) electrons. The van der Waals surface area contributed by atoms with E-state index in [2.05, 4.69) is 5.32 Å². The van der Waals surface area contributed by atoms with Crippen LogP contribution in [0.15, 0.2) is 34.9 Å². The average molecular weight is 233 g/mol. The van der Waals surface area contributed by atoms with Crippen LogP contribution in [-0.2, 0) is 4.79 Å². The Morgan fingerprint density at radius 2 is 2.06 bits per heavy atom. The molecule has 5 nitrogen and oxygen atoms in total. The molecule has 5 heteroatoms. The van der Waals surface area contributed by atoms with Gasteiger partial charge in [0.25, 0.3) is 5.91 Å². The molecule has 0 aliphatic rings. The second-order valence-corrected chi connectivity index (χ2v) is 3.68. The number of carboxylic acid groups (broad SMARTS) is 1. The number of fused-ring (bicyclic) bond motifs is 1. The van der Waals surface area contributed by atoms with Crippen LogP contribution in [-0.4, -0.2) is 23.0 Å². The fourth-order valence-electron chi connectivity index (χ4n) is 1.49. The summed E-state index contributed by atoms with van der Waals surface area (Å²) >= 11 is 0. The largest absolute Gasteiger partial charge is 0.480 e. The molecular weight excluding hydrogens is 222 g/mol. The Balaban J connectivity index is 2.28. The maximum absolute atomic E-state index is 11.8. The number of amides is 1. The van der Waals surface area contributed by atoms with Gasteiger partial charge in [0, 0.05) is 5.39 Å². The van der Waals surface area contributed by atoms with E-state index in [0.29, 0.717) is 16.5 Å². The molecule has 1 atom stereocenters. The van der Waals surface area contributed by atoms with Gasteiger partial charge in [0.2, 0.25) is 0 Å². The Morgan fingerprint density at radius 3 is 2.76 bits per heavy atom. The van der Waals surface area contributed by atoms with Crippen molar-refractivity contribution in [1.82, 2.24) is 5.32 Å². The van der Waals surface area contributed by atoms with Gasteiger partial charge in [-0.25, -0.2) is 0 Å². The summed E-state index contributed by atoms with van der Waals surface area (Å²) in [4.78, 5) is 22.4. The van der Waals surface area contributed by atoms with Gasteiger partial charge >= 0.3 is 5.97 Å². The third-order valence-electron chi connectivity index (χ3n) is 2.44. The van der Waals surface area contributed by atoms with Crippen molar-refractivity contribution in [2.75, 3.05) is 0 Å². The Morgan fingerprint density at radius 1 is 1.35 bits per heavy atom. The van der Waals surface area contributed by atoms with Gasteiger partial charge < -0.3 is 14.8 Å². The van der Waals surface area contributed by atoms with E-state index in [-0.39, 0.29) is 0 Å². The molecule has 0 aliphatic carbocycles. The van der Waals surface area contributed by atoms with E-state index in [1.807, 2.05) is 0 Å². The van der Waals surface area contributed by atoms with Gasteiger partial charge in [-0.05, 0) is 13.0 Å². The van der Waals surface area contributed by atoms with Gasteiger partial charge in [-0.15, -0.1) is 0 Å². The number of aliphatic carboxylic acids is 1. The van der Waals surface area contributed by atoms with Crippen molar-refractivity contribution in [3.63, 3.8) is 0 Å². The number of para-hydroxylation sites is 1. The normalized spacial score (nSPS) is 12.3. The van der Waals surface area contributed by atoms with Gasteiger partial charge in [-0.2, -0.15) is 0 Å². The number of carbonyl (C=O) groups is 2. The molecule has 1 aromatic heterocycles. The summed E-state index contributed by atoms with van der Waals surface area (Å²) in [5, 5.41) is 11.7. The average Bonchev–Trinajstić information content (AvgIpc) is 2.72. The fourth-order valence-corrected chi connectivity index (χ4v) is 1.49. The van der Waals surface area contributed by atoms with Crippen LogP contribution in [0.5, 0.6) is 0 Å². The van der Waals surface area contributed by atoms with E-state index < -0.39 is 17.9 Å². The molecule has 2 aromatic rings. The monoisotopic (exact) mass is 233 g/mol. The van der Waals surface area contributed by atoms with Crippen LogP contribution in [0.1, 0.15) is 17.3 Å². The lowest BCUT2D eigenvalue weighted by Crippen LogP contribution is -2.38. The van der Waals surface area contributed by atoms with Crippen LogP contribution in [0.25, 0.3) is 11.0 Å². The summed E-state index contributed by atoms with van der Waals surface area (Å²) in [7, 11) is 0. The summed E-state index contributed by atoms with van der Waals surface area (Å²) < 4.78 is 5.20. The summed E-state index contributed by atoms with van der Waals surface area (Å²) in [5.74, 6) is -1.53. The Labute approximate surface area is 97.0 Å². The first-order chi connectivity index (χ1) is 8.09. The van der Waals surface area contributed by atoms with Crippen molar-refractivity contribution >= 4 is 22.8 Å². The number of carboxylic acids is 1. The zero-order chi connectivity index (χ0) is 12.4. The Kier molecular flexibility index (Phi) is 2.82. The van der Waals surface area contributed by atoms with E-state index in [0.717, 1.165) is 0 Å². The van der Waals surface area contributed by atoms with Crippen molar-refractivity contribution < 1.29 is 19.1 Å². The highest BCUT2D eigenvalue weighted by molar-refractivity contribution is 6.06. The highest BCUT2D eigenvalue weighted by Crippen LogP contribution is 2.20. The zero-order valence-corrected chi connectivity index (χ0v) is 9.14. The molecular formula is C12H11NO4. The van der Waals surface area contributed by atoms with Crippen molar-refractivity contribution in [3.8, 4) is 0 Å². The highest BCUT2D eigenvalue weighted by Gasteiger charge is 2.18. The van der Waals surface area contributed by atoms with Crippen molar-refractivity contribution in [1.29, 1.82) is 0 Å². The molecule has 0 unspecified atom stereocenters. The zero-order valence-electron chi connectivity index (χ0n) is 9.14. The first kappa shape index (κ1) is 11.2. The molecule has 0 spiro atoms. The topological polar surface area (TPSA) is 79.5 Å². The number of nitrogens with one attached hydrogen (secondary N) is 1. The first-order valence-electron chi connectivity index (χ1n) is 5.09. The summed E-state index contributed by atoms with van der Waals surface area (Å²) in [6.45, 7) is 1.41. The quantitative estimate of drug-likeness (QED) is 0.844. The number of benzene rings is 1. The number of hydrogen-bond acceptors (Lipinski definition) is 3. The number of furan rings is 1. The second kappa shape index (κ2) is 4.29. The Hall–Kier alpha value is -2.30. The van der Waals surface area contributed by atoms with Gasteiger partial charge in [-0.3, -0.25) is 9.59 Å². The molecule has 0 saturated heterocycles. The third-order valence-corrected chi connectivity index (χ3v) is 2.44. The highest BCUT2D eigenvalue weighted by atomic mass is 16.4. The molecule has 1 heterocycles. The number of carbonyl (C=O) groups excluding carboxylic acids is 1. The number of rotatable bonds is 3. The predicted molar refractivity (Wildman–Crippen MR) is 60.8 cm³/mol. The Bertz CT molecular complexity index is 573. The first-order valence-corrected chi connectivity index (χ1v) is 5.09. The van der Waals surface area contributed by atoms with Crippen LogP contribution >= 0.6 is 0 Å². The van der Waals surface area contributed by atoms with Crippen LogP contribution in [0.2, 0.25) is 0 Å². The molecule has 0 fully saturated rings. The molecule has 2 N–H and O–H groups in total. The second-order valence-electron chi connectivity index (χ2n) is 3.68. The minimum absolute atomic E-state index is 0.341. The van der Waals surface area contributed by atoms with Crippen molar-refractivity contribution in [3.05, 3.63) is 36.1 Å². The molecule has 88 valence electrons. The lowest BCUT2D eigenvalue weighted by molar-refractivity contribution is -0.138. The molecule has 0 aliphatic heterocycles. The predicted octanol–water partition coefficient (Wildman–Crippen LogP) is 1.64. The minimum Gasteiger partial charge on any atom is -0.480 e.